The zero-order valence-corrected chi connectivity index (χ0v) is 19.6. The molecule has 8 heteroatoms. The monoisotopic (exact) mass is 460 g/mol. The van der Waals surface area contributed by atoms with Crippen LogP contribution < -0.4 is 16.2 Å². The number of anilines is 2. The van der Waals surface area contributed by atoms with E-state index in [1.165, 1.54) is 34.7 Å². The summed E-state index contributed by atoms with van der Waals surface area (Å²) in [4.78, 5) is 42.5. The molecule has 0 aliphatic rings. The third kappa shape index (κ3) is 4.56. The summed E-state index contributed by atoms with van der Waals surface area (Å²) in [5, 5.41) is 7.95. The second-order valence-electron chi connectivity index (χ2n) is 8.01. The molecule has 0 radical (unpaired) electrons. The van der Waals surface area contributed by atoms with E-state index < -0.39 is 6.04 Å². The van der Waals surface area contributed by atoms with Gasteiger partial charge >= 0.3 is 0 Å². The Morgan fingerprint density at radius 3 is 2.30 bits per heavy atom. The Kier molecular flexibility index (Phi) is 6.11. The van der Waals surface area contributed by atoms with Crippen LogP contribution in [0, 0.1) is 13.8 Å². The molecule has 0 aliphatic carbocycles. The summed E-state index contributed by atoms with van der Waals surface area (Å²) >= 11 is 1.41. The first kappa shape index (κ1) is 22.4. The average molecular weight is 461 g/mol. The molecule has 4 rings (SSSR count). The quantitative estimate of drug-likeness (QED) is 0.443. The Morgan fingerprint density at radius 1 is 1.00 bits per heavy atom. The molecular formula is C25H24N4O3S. The maximum atomic E-state index is 13.4. The summed E-state index contributed by atoms with van der Waals surface area (Å²) in [5.41, 5.74) is 5.06. The number of fused-ring (bicyclic) bond motifs is 1. The number of thiophene rings is 1. The standard InChI is InChI=1S/C25H24N4O3S/c1-14-5-6-18(11-15(14)2)21-12-33-24-22(21)25(32)29(13-26-24)16(3)23(31)28-20-9-7-19(8-10-20)27-17(4)30/h5-13,16H,1-4H3,(H,27,30)(H,28,31). The Bertz CT molecular complexity index is 1420. The lowest BCUT2D eigenvalue weighted by Gasteiger charge is -2.15. The van der Waals surface area contributed by atoms with Crippen molar-refractivity contribution in [3.8, 4) is 11.1 Å². The van der Waals surface area contributed by atoms with Gasteiger partial charge in [-0.3, -0.25) is 19.0 Å². The van der Waals surface area contributed by atoms with Crippen molar-refractivity contribution in [1.82, 2.24) is 9.55 Å². The zero-order valence-electron chi connectivity index (χ0n) is 18.8. The first-order chi connectivity index (χ1) is 15.7. The van der Waals surface area contributed by atoms with Gasteiger partial charge in [0.2, 0.25) is 11.8 Å². The van der Waals surface area contributed by atoms with Crippen molar-refractivity contribution >= 4 is 44.7 Å². The number of carbonyl (C=O) groups is 2. The number of nitrogens with one attached hydrogen (secondary N) is 2. The summed E-state index contributed by atoms with van der Waals surface area (Å²) in [5.74, 6) is -0.509. The van der Waals surface area contributed by atoms with Crippen molar-refractivity contribution in [2.45, 2.75) is 33.7 Å². The minimum atomic E-state index is -0.767. The first-order valence-corrected chi connectivity index (χ1v) is 11.4. The molecule has 2 aromatic heterocycles. The highest BCUT2D eigenvalue weighted by atomic mass is 32.1. The lowest BCUT2D eigenvalue weighted by atomic mass is 10.0. The lowest BCUT2D eigenvalue weighted by molar-refractivity contribution is -0.119. The maximum Gasteiger partial charge on any atom is 0.263 e. The predicted molar refractivity (Wildman–Crippen MR) is 133 cm³/mol. The highest BCUT2D eigenvalue weighted by Gasteiger charge is 2.20. The van der Waals surface area contributed by atoms with Crippen molar-refractivity contribution < 1.29 is 9.59 Å². The van der Waals surface area contributed by atoms with Gasteiger partial charge in [0.05, 0.1) is 11.7 Å². The van der Waals surface area contributed by atoms with Gasteiger partial charge in [-0.05, 0) is 61.7 Å². The molecule has 2 aromatic carbocycles. The molecule has 0 saturated heterocycles. The van der Waals surface area contributed by atoms with Gasteiger partial charge in [0.15, 0.2) is 0 Å². The number of aromatic nitrogens is 2. The highest BCUT2D eigenvalue weighted by molar-refractivity contribution is 7.17. The fourth-order valence-corrected chi connectivity index (χ4v) is 4.46. The van der Waals surface area contributed by atoms with Crippen LogP contribution >= 0.6 is 11.3 Å². The van der Waals surface area contributed by atoms with Gasteiger partial charge in [-0.25, -0.2) is 4.98 Å². The molecule has 1 atom stereocenters. The largest absolute Gasteiger partial charge is 0.326 e. The van der Waals surface area contributed by atoms with E-state index in [9.17, 15) is 14.4 Å². The van der Waals surface area contributed by atoms with Gasteiger partial charge in [-0.2, -0.15) is 0 Å². The van der Waals surface area contributed by atoms with E-state index in [1.54, 1.807) is 31.2 Å². The molecule has 2 amide bonds. The molecule has 0 saturated carbocycles. The van der Waals surface area contributed by atoms with Crippen LogP contribution in [0.4, 0.5) is 11.4 Å². The van der Waals surface area contributed by atoms with Gasteiger partial charge in [0.25, 0.3) is 5.56 Å². The molecule has 2 N–H and O–H groups in total. The van der Waals surface area contributed by atoms with Crippen molar-refractivity contribution in [3.63, 3.8) is 0 Å². The fourth-order valence-electron chi connectivity index (χ4n) is 3.56. The molecular weight excluding hydrogens is 436 g/mol. The van der Waals surface area contributed by atoms with Crippen LogP contribution in [-0.4, -0.2) is 21.4 Å². The van der Waals surface area contributed by atoms with Crippen molar-refractivity contribution in [1.29, 1.82) is 0 Å². The number of hydrogen-bond donors (Lipinski definition) is 2. The Hall–Kier alpha value is -3.78. The number of nitrogens with zero attached hydrogens (tertiary/aromatic N) is 2. The lowest BCUT2D eigenvalue weighted by Crippen LogP contribution is -2.31. The fraction of sp³-hybridized carbons (Fsp3) is 0.200. The molecule has 1 unspecified atom stereocenters. The van der Waals surface area contributed by atoms with E-state index in [4.69, 9.17) is 0 Å². The van der Waals surface area contributed by atoms with Crippen LogP contribution in [-0.2, 0) is 9.59 Å². The number of rotatable bonds is 5. The molecule has 33 heavy (non-hydrogen) atoms. The molecule has 7 nitrogen and oxygen atoms in total. The molecule has 4 aromatic rings. The van der Waals surface area contributed by atoms with Gasteiger partial charge in [-0.15, -0.1) is 11.3 Å². The molecule has 0 aliphatic heterocycles. The third-order valence-corrected chi connectivity index (χ3v) is 6.49. The number of aryl methyl sites for hydroxylation is 2. The number of benzene rings is 2. The van der Waals surface area contributed by atoms with Gasteiger partial charge in [-0.1, -0.05) is 18.2 Å². The van der Waals surface area contributed by atoms with Crippen LogP contribution in [0.1, 0.15) is 31.0 Å². The Labute approximate surface area is 195 Å². The first-order valence-electron chi connectivity index (χ1n) is 10.5. The highest BCUT2D eigenvalue weighted by Crippen LogP contribution is 2.32. The zero-order chi connectivity index (χ0) is 23.7. The van der Waals surface area contributed by atoms with E-state index in [1.807, 2.05) is 31.4 Å². The summed E-state index contributed by atoms with van der Waals surface area (Å²) in [6, 6.07) is 12.1. The molecule has 0 bridgehead atoms. The van der Waals surface area contributed by atoms with E-state index in [2.05, 4.69) is 21.7 Å². The third-order valence-electron chi connectivity index (χ3n) is 5.61. The Morgan fingerprint density at radius 2 is 1.67 bits per heavy atom. The van der Waals surface area contributed by atoms with Gasteiger partial charge in [0.1, 0.15) is 10.9 Å². The second kappa shape index (κ2) is 8.99. The smallest absolute Gasteiger partial charge is 0.263 e. The second-order valence-corrected chi connectivity index (χ2v) is 8.87. The minimum absolute atomic E-state index is 0.170. The van der Waals surface area contributed by atoms with Crippen LogP contribution in [0.15, 0.2) is 59.0 Å². The van der Waals surface area contributed by atoms with E-state index in [-0.39, 0.29) is 17.4 Å². The minimum Gasteiger partial charge on any atom is -0.326 e. The van der Waals surface area contributed by atoms with Crippen LogP contribution in [0.3, 0.4) is 0 Å². The number of carbonyl (C=O) groups excluding carboxylic acids is 2. The van der Waals surface area contributed by atoms with Crippen molar-refractivity contribution in [3.05, 3.63) is 75.7 Å². The van der Waals surface area contributed by atoms with Crippen LogP contribution in [0.5, 0.6) is 0 Å². The van der Waals surface area contributed by atoms with E-state index in [0.717, 1.165) is 16.7 Å². The van der Waals surface area contributed by atoms with E-state index >= 15 is 0 Å². The van der Waals surface area contributed by atoms with E-state index in [0.29, 0.717) is 21.6 Å². The summed E-state index contributed by atoms with van der Waals surface area (Å²) in [6.45, 7) is 7.18. The summed E-state index contributed by atoms with van der Waals surface area (Å²) in [7, 11) is 0. The molecule has 0 spiro atoms. The van der Waals surface area contributed by atoms with Crippen molar-refractivity contribution in [2.24, 2.45) is 0 Å². The SMILES string of the molecule is CC(=O)Nc1ccc(NC(=O)C(C)n2cnc3scc(-c4ccc(C)c(C)c4)c3c2=O)cc1. The Balaban J connectivity index is 1.63. The predicted octanol–water partition coefficient (Wildman–Crippen LogP) is 4.90. The number of hydrogen-bond acceptors (Lipinski definition) is 5. The van der Waals surface area contributed by atoms with Crippen LogP contribution in [0.25, 0.3) is 21.3 Å². The van der Waals surface area contributed by atoms with Gasteiger partial charge in [0, 0.05) is 29.2 Å². The average Bonchev–Trinajstić information content (AvgIpc) is 3.21. The van der Waals surface area contributed by atoms with Gasteiger partial charge < -0.3 is 10.6 Å². The number of amides is 2. The topological polar surface area (TPSA) is 93.1 Å². The summed E-state index contributed by atoms with van der Waals surface area (Å²) in [6.07, 6.45) is 1.43. The molecule has 0 fully saturated rings. The van der Waals surface area contributed by atoms with Crippen molar-refractivity contribution in [2.75, 3.05) is 10.6 Å². The maximum absolute atomic E-state index is 13.4. The van der Waals surface area contributed by atoms with Crippen LogP contribution in [0.2, 0.25) is 0 Å². The molecule has 2 heterocycles. The molecule has 168 valence electrons. The summed E-state index contributed by atoms with van der Waals surface area (Å²) < 4.78 is 1.36. The normalized spacial score (nSPS) is 11.9.